The fourth-order valence-corrected chi connectivity index (χ4v) is 3.77. The van der Waals surface area contributed by atoms with Crippen molar-refractivity contribution in [2.75, 3.05) is 39.4 Å². The van der Waals surface area contributed by atoms with Crippen molar-refractivity contribution in [3.8, 4) is 5.75 Å². The van der Waals surface area contributed by atoms with Crippen LogP contribution in [0.1, 0.15) is 26.2 Å². The van der Waals surface area contributed by atoms with Crippen molar-refractivity contribution in [2.45, 2.75) is 38.3 Å². The molecule has 0 aliphatic carbocycles. The van der Waals surface area contributed by atoms with Crippen molar-refractivity contribution >= 4 is 0 Å². The van der Waals surface area contributed by atoms with Crippen molar-refractivity contribution in [2.24, 2.45) is 5.92 Å². The molecule has 2 aliphatic rings. The Morgan fingerprint density at radius 3 is 2.92 bits per heavy atom. The van der Waals surface area contributed by atoms with E-state index in [9.17, 15) is 8.78 Å². The van der Waals surface area contributed by atoms with Crippen molar-refractivity contribution in [1.29, 1.82) is 0 Å². The molecule has 4 nitrogen and oxygen atoms in total. The second-order valence-corrected chi connectivity index (χ2v) is 7.14. The maximum absolute atomic E-state index is 13.5. The molecule has 0 unspecified atom stereocenters. The van der Waals surface area contributed by atoms with Gasteiger partial charge in [-0.05, 0) is 43.9 Å². The molecule has 3 rings (SSSR count). The lowest BCUT2D eigenvalue weighted by atomic mass is 9.93. The first kappa shape index (κ1) is 18.5. The third-order valence-corrected chi connectivity index (χ3v) is 5.14. The van der Waals surface area contributed by atoms with E-state index in [2.05, 4.69) is 17.1 Å². The number of hydrogen-bond donors (Lipinski definition) is 1. The van der Waals surface area contributed by atoms with E-state index in [0.29, 0.717) is 31.2 Å². The van der Waals surface area contributed by atoms with Crippen molar-refractivity contribution < 1.29 is 18.3 Å². The van der Waals surface area contributed by atoms with Crippen LogP contribution in [0.4, 0.5) is 8.78 Å². The fourth-order valence-electron chi connectivity index (χ4n) is 3.77. The summed E-state index contributed by atoms with van der Waals surface area (Å²) in [6.07, 6.45) is 3.88. The monoisotopic (exact) mass is 354 g/mol. The molecule has 0 bridgehead atoms. The van der Waals surface area contributed by atoms with E-state index in [1.165, 1.54) is 25.0 Å². The first-order valence-electron chi connectivity index (χ1n) is 9.27. The van der Waals surface area contributed by atoms with Gasteiger partial charge in [-0.25, -0.2) is 8.78 Å². The first-order valence-corrected chi connectivity index (χ1v) is 9.27. The number of hydrogen-bond acceptors (Lipinski definition) is 4. The van der Waals surface area contributed by atoms with Gasteiger partial charge in [0.1, 0.15) is 12.4 Å². The molecule has 1 aromatic carbocycles. The van der Waals surface area contributed by atoms with Gasteiger partial charge in [0.05, 0.1) is 6.10 Å². The lowest BCUT2D eigenvalue weighted by Crippen LogP contribution is -2.50. The Morgan fingerprint density at radius 1 is 1.32 bits per heavy atom. The SMILES string of the molecule is C[C@@H]1CN(C[C@H]2CCCO2)CC[C@H]1NCCOc1ccc(F)cc1F. The van der Waals surface area contributed by atoms with Gasteiger partial charge in [-0.1, -0.05) is 6.92 Å². The van der Waals surface area contributed by atoms with Crippen LogP contribution in [0, 0.1) is 17.6 Å². The highest BCUT2D eigenvalue weighted by Gasteiger charge is 2.28. The Labute approximate surface area is 148 Å². The predicted molar refractivity (Wildman–Crippen MR) is 92.8 cm³/mol. The van der Waals surface area contributed by atoms with Gasteiger partial charge in [-0.3, -0.25) is 0 Å². The summed E-state index contributed by atoms with van der Waals surface area (Å²) >= 11 is 0. The standard InChI is InChI=1S/C19H28F2N2O2/c1-14-12-23(13-16-3-2-9-24-16)8-6-18(14)22-7-10-25-19-5-4-15(20)11-17(19)21/h4-5,11,14,16,18,22H,2-3,6-10,12-13H2,1H3/t14-,16-,18-/m1/s1. The molecule has 2 fully saturated rings. The maximum atomic E-state index is 13.5. The van der Waals surface area contributed by atoms with Crippen LogP contribution >= 0.6 is 0 Å². The van der Waals surface area contributed by atoms with Crippen LogP contribution < -0.4 is 10.1 Å². The highest BCUT2D eigenvalue weighted by atomic mass is 19.1. The zero-order valence-electron chi connectivity index (χ0n) is 14.8. The minimum Gasteiger partial charge on any atom is -0.489 e. The largest absolute Gasteiger partial charge is 0.489 e. The predicted octanol–water partition coefficient (Wildman–Crippen LogP) is 2.82. The van der Waals surface area contributed by atoms with Crippen molar-refractivity contribution in [1.82, 2.24) is 10.2 Å². The topological polar surface area (TPSA) is 33.7 Å². The Balaban J connectivity index is 1.34. The van der Waals surface area contributed by atoms with Crippen LogP contribution in [0.5, 0.6) is 5.75 Å². The second kappa shape index (κ2) is 8.92. The molecule has 2 heterocycles. The zero-order valence-corrected chi connectivity index (χ0v) is 14.8. The summed E-state index contributed by atoms with van der Waals surface area (Å²) in [7, 11) is 0. The van der Waals surface area contributed by atoms with Gasteiger partial charge in [0.25, 0.3) is 0 Å². The van der Waals surface area contributed by atoms with Gasteiger partial charge in [-0.2, -0.15) is 0 Å². The quantitative estimate of drug-likeness (QED) is 0.764. The average molecular weight is 354 g/mol. The molecule has 1 aromatic rings. The van der Waals surface area contributed by atoms with Gasteiger partial charge >= 0.3 is 0 Å². The molecule has 140 valence electrons. The molecule has 25 heavy (non-hydrogen) atoms. The molecular weight excluding hydrogens is 326 g/mol. The molecule has 1 N–H and O–H groups in total. The number of ether oxygens (including phenoxy) is 2. The molecular formula is C19H28F2N2O2. The summed E-state index contributed by atoms with van der Waals surface area (Å²) in [6.45, 7) is 7.39. The van der Waals surface area contributed by atoms with Gasteiger partial charge in [0.15, 0.2) is 11.6 Å². The van der Waals surface area contributed by atoms with Crippen LogP contribution in [0.3, 0.4) is 0 Å². The second-order valence-electron chi connectivity index (χ2n) is 7.14. The lowest BCUT2D eigenvalue weighted by molar-refractivity contribution is 0.0510. The van der Waals surface area contributed by atoms with E-state index in [-0.39, 0.29) is 5.75 Å². The molecule has 0 aromatic heterocycles. The number of nitrogens with one attached hydrogen (secondary N) is 1. The van der Waals surface area contributed by atoms with Crippen molar-refractivity contribution in [3.05, 3.63) is 29.8 Å². The highest BCUT2D eigenvalue weighted by molar-refractivity contribution is 5.24. The van der Waals surface area contributed by atoms with E-state index in [1.807, 2.05) is 0 Å². The summed E-state index contributed by atoms with van der Waals surface area (Å²) in [5.74, 6) is -0.595. The highest BCUT2D eigenvalue weighted by Crippen LogP contribution is 2.20. The molecule has 6 heteroatoms. The summed E-state index contributed by atoms with van der Waals surface area (Å²) in [4.78, 5) is 2.50. The normalized spacial score (nSPS) is 27.6. The molecule has 0 radical (unpaired) electrons. The number of piperidine rings is 1. The van der Waals surface area contributed by atoms with Crippen LogP contribution in [0.25, 0.3) is 0 Å². The smallest absolute Gasteiger partial charge is 0.167 e. The number of nitrogens with zero attached hydrogens (tertiary/aromatic N) is 1. The zero-order chi connectivity index (χ0) is 17.6. The van der Waals surface area contributed by atoms with Gasteiger partial charge in [0.2, 0.25) is 0 Å². The Hall–Kier alpha value is -1.24. The average Bonchev–Trinajstić information content (AvgIpc) is 3.08. The molecule has 3 atom stereocenters. The molecule has 0 spiro atoms. The summed E-state index contributed by atoms with van der Waals surface area (Å²) in [5.41, 5.74) is 0. The number of likely N-dealkylation sites (tertiary alicyclic amines) is 1. The van der Waals surface area contributed by atoms with E-state index < -0.39 is 11.6 Å². The van der Waals surface area contributed by atoms with E-state index in [0.717, 1.165) is 38.7 Å². The summed E-state index contributed by atoms with van der Waals surface area (Å²) in [6, 6.07) is 3.82. The van der Waals surface area contributed by atoms with Crippen LogP contribution in [0.2, 0.25) is 0 Å². The Kier molecular flexibility index (Phi) is 6.62. The van der Waals surface area contributed by atoms with Crippen LogP contribution in [0.15, 0.2) is 18.2 Å². The van der Waals surface area contributed by atoms with Crippen LogP contribution in [-0.4, -0.2) is 56.4 Å². The summed E-state index contributed by atoms with van der Waals surface area (Å²) < 4.78 is 37.5. The van der Waals surface area contributed by atoms with E-state index in [4.69, 9.17) is 9.47 Å². The lowest BCUT2D eigenvalue weighted by Gasteiger charge is -2.38. The Bertz CT molecular complexity index is 552. The molecule has 2 aliphatic heterocycles. The number of benzene rings is 1. The van der Waals surface area contributed by atoms with Gasteiger partial charge < -0.3 is 19.7 Å². The van der Waals surface area contributed by atoms with E-state index in [1.54, 1.807) is 0 Å². The number of halogens is 2. The Morgan fingerprint density at radius 2 is 2.20 bits per heavy atom. The van der Waals surface area contributed by atoms with Crippen LogP contribution in [-0.2, 0) is 4.74 Å². The molecule has 0 saturated carbocycles. The fraction of sp³-hybridized carbons (Fsp3) is 0.684. The third kappa shape index (κ3) is 5.36. The minimum absolute atomic E-state index is 0.0997. The third-order valence-electron chi connectivity index (χ3n) is 5.14. The first-order chi connectivity index (χ1) is 12.1. The maximum Gasteiger partial charge on any atom is 0.167 e. The van der Waals surface area contributed by atoms with Gasteiger partial charge in [-0.15, -0.1) is 0 Å². The summed E-state index contributed by atoms with van der Waals surface area (Å²) in [5, 5.41) is 3.51. The van der Waals surface area contributed by atoms with Crippen molar-refractivity contribution in [3.63, 3.8) is 0 Å². The van der Waals surface area contributed by atoms with Gasteiger partial charge in [0, 0.05) is 38.3 Å². The van der Waals surface area contributed by atoms with E-state index >= 15 is 0 Å². The number of rotatable bonds is 7. The molecule has 0 amide bonds. The molecule has 2 saturated heterocycles. The minimum atomic E-state index is -0.657.